The first-order valence-corrected chi connectivity index (χ1v) is 7.20. The topological polar surface area (TPSA) is 41.1 Å². The predicted octanol–water partition coefficient (Wildman–Crippen LogP) is 2.46. The highest BCUT2D eigenvalue weighted by atomic mass is 32.1. The summed E-state index contributed by atoms with van der Waals surface area (Å²) < 4.78 is 0. The van der Waals surface area contributed by atoms with Crippen molar-refractivity contribution in [2.24, 2.45) is 0 Å². The van der Waals surface area contributed by atoms with Crippen molar-refractivity contribution in [3.63, 3.8) is 0 Å². The molecule has 1 aromatic heterocycles. The molecule has 1 aliphatic rings. The van der Waals surface area contributed by atoms with Gasteiger partial charge < -0.3 is 10.6 Å². The van der Waals surface area contributed by atoms with Gasteiger partial charge in [0.25, 0.3) is 0 Å². The van der Waals surface area contributed by atoms with Crippen LogP contribution < -0.4 is 10.6 Å². The average molecular weight is 252 g/mol. The van der Waals surface area contributed by atoms with Gasteiger partial charge in [0.1, 0.15) is 0 Å². The van der Waals surface area contributed by atoms with Crippen LogP contribution in [0.5, 0.6) is 0 Å². The van der Waals surface area contributed by atoms with Gasteiger partial charge in [-0.05, 0) is 31.2 Å². The summed E-state index contributed by atoms with van der Waals surface area (Å²) in [6.07, 6.45) is 5.03. The minimum absolute atomic E-state index is 0.0952. The van der Waals surface area contributed by atoms with E-state index in [1.807, 2.05) is 18.4 Å². The number of thiophene rings is 1. The molecule has 1 fully saturated rings. The Labute approximate surface area is 107 Å². The summed E-state index contributed by atoms with van der Waals surface area (Å²) in [5, 5.41) is 8.38. The predicted molar refractivity (Wildman–Crippen MR) is 71.1 cm³/mol. The van der Waals surface area contributed by atoms with E-state index in [9.17, 15) is 4.79 Å². The SMILES string of the molecule is CC(NC(=O)CNC1CCCC1)c1cccs1. The van der Waals surface area contributed by atoms with Gasteiger partial charge in [-0.25, -0.2) is 0 Å². The van der Waals surface area contributed by atoms with Crippen LogP contribution in [0.25, 0.3) is 0 Å². The van der Waals surface area contributed by atoms with E-state index in [2.05, 4.69) is 16.7 Å². The molecule has 1 saturated carbocycles. The van der Waals surface area contributed by atoms with Gasteiger partial charge in [-0.1, -0.05) is 18.9 Å². The third kappa shape index (κ3) is 3.82. The van der Waals surface area contributed by atoms with Gasteiger partial charge in [0.15, 0.2) is 0 Å². The lowest BCUT2D eigenvalue weighted by Gasteiger charge is -2.15. The van der Waals surface area contributed by atoms with Crippen molar-refractivity contribution in [2.75, 3.05) is 6.54 Å². The normalized spacial score (nSPS) is 18.2. The first-order valence-electron chi connectivity index (χ1n) is 6.32. The van der Waals surface area contributed by atoms with Crippen LogP contribution in [0.15, 0.2) is 17.5 Å². The molecule has 17 heavy (non-hydrogen) atoms. The highest BCUT2D eigenvalue weighted by molar-refractivity contribution is 7.10. The number of carbonyl (C=O) groups is 1. The zero-order valence-electron chi connectivity index (χ0n) is 10.2. The summed E-state index contributed by atoms with van der Waals surface area (Å²) in [5.41, 5.74) is 0. The first-order chi connectivity index (χ1) is 8.25. The molecule has 1 aromatic rings. The maximum absolute atomic E-state index is 11.7. The fourth-order valence-electron chi connectivity index (χ4n) is 2.27. The third-order valence-electron chi connectivity index (χ3n) is 3.25. The van der Waals surface area contributed by atoms with E-state index in [0.717, 1.165) is 0 Å². The van der Waals surface area contributed by atoms with Gasteiger partial charge in [-0.15, -0.1) is 11.3 Å². The van der Waals surface area contributed by atoms with Crippen LogP contribution in [0.4, 0.5) is 0 Å². The summed E-state index contributed by atoms with van der Waals surface area (Å²) >= 11 is 1.68. The van der Waals surface area contributed by atoms with Gasteiger partial charge in [-0.2, -0.15) is 0 Å². The molecular weight excluding hydrogens is 232 g/mol. The van der Waals surface area contributed by atoms with E-state index in [-0.39, 0.29) is 11.9 Å². The largest absolute Gasteiger partial charge is 0.348 e. The molecule has 2 N–H and O–H groups in total. The Morgan fingerprint density at radius 3 is 2.94 bits per heavy atom. The van der Waals surface area contributed by atoms with Crippen molar-refractivity contribution < 1.29 is 4.79 Å². The molecule has 0 saturated heterocycles. The Bertz CT molecular complexity index is 344. The zero-order valence-corrected chi connectivity index (χ0v) is 11.1. The molecule has 1 aliphatic carbocycles. The lowest BCUT2D eigenvalue weighted by molar-refractivity contribution is -0.121. The van der Waals surface area contributed by atoms with Crippen molar-refractivity contribution in [2.45, 2.75) is 44.7 Å². The monoisotopic (exact) mass is 252 g/mol. The third-order valence-corrected chi connectivity index (χ3v) is 4.31. The summed E-state index contributed by atoms with van der Waals surface area (Å²) in [7, 11) is 0. The Morgan fingerprint density at radius 1 is 1.53 bits per heavy atom. The number of hydrogen-bond donors (Lipinski definition) is 2. The van der Waals surface area contributed by atoms with Crippen LogP contribution in [-0.4, -0.2) is 18.5 Å². The lowest BCUT2D eigenvalue weighted by atomic mass is 10.2. The van der Waals surface area contributed by atoms with Gasteiger partial charge in [0.2, 0.25) is 5.91 Å². The van der Waals surface area contributed by atoms with Gasteiger partial charge in [0, 0.05) is 10.9 Å². The molecule has 1 heterocycles. The van der Waals surface area contributed by atoms with Crippen LogP contribution in [-0.2, 0) is 4.79 Å². The van der Waals surface area contributed by atoms with Crippen molar-refractivity contribution in [1.29, 1.82) is 0 Å². The van der Waals surface area contributed by atoms with E-state index >= 15 is 0 Å². The van der Waals surface area contributed by atoms with Crippen LogP contribution in [0.2, 0.25) is 0 Å². The molecule has 94 valence electrons. The highest BCUT2D eigenvalue weighted by Crippen LogP contribution is 2.18. The Kier molecular flexibility index (Phi) is 4.57. The van der Waals surface area contributed by atoms with Crippen LogP contribution in [0.1, 0.15) is 43.5 Å². The minimum Gasteiger partial charge on any atom is -0.348 e. The Hall–Kier alpha value is -0.870. The van der Waals surface area contributed by atoms with Crippen LogP contribution >= 0.6 is 11.3 Å². The molecule has 1 unspecified atom stereocenters. The maximum Gasteiger partial charge on any atom is 0.234 e. The molecule has 0 aromatic carbocycles. The molecule has 0 aliphatic heterocycles. The molecule has 0 radical (unpaired) electrons. The molecule has 1 amide bonds. The zero-order chi connectivity index (χ0) is 12.1. The fraction of sp³-hybridized carbons (Fsp3) is 0.615. The fourth-order valence-corrected chi connectivity index (χ4v) is 3.00. The van der Waals surface area contributed by atoms with Crippen LogP contribution in [0, 0.1) is 0 Å². The van der Waals surface area contributed by atoms with Crippen molar-refractivity contribution in [1.82, 2.24) is 10.6 Å². The standard InChI is InChI=1S/C13H20N2OS/c1-10(12-7-4-8-17-12)15-13(16)9-14-11-5-2-3-6-11/h4,7-8,10-11,14H,2-3,5-6,9H2,1H3,(H,15,16). The van der Waals surface area contributed by atoms with E-state index in [4.69, 9.17) is 0 Å². The molecule has 0 bridgehead atoms. The quantitative estimate of drug-likeness (QED) is 0.845. The maximum atomic E-state index is 11.7. The number of nitrogens with one attached hydrogen (secondary N) is 2. The van der Waals surface area contributed by atoms with E-state index in [0.29, 0.717) is 12.6 Å². The molecule has 2 rings (SSSR count). The van der Waals surface area contributed by atoms with Gasteiger partial charge in [-0.3, -0.25) is 4.79 Å². The second-order valence-electron chi connectivity index (χ2n) is 4.67. The Morgan fingerprint density at radius 2 is 2.29 bits per heavy atom. The average Bonchev–Trinajstić information content (AvgIpc) is 2.99. The van der Waals surface area contributed by atoms with Crippen LogP contribution in [0.3, 0.4) is 0 Å². The summed E-state index contributed by atoms with van der Waals surface area (Å²) in [6, 6.07) is 4.74. The second kappa shape index (κ2) is 6.17. The number of rotatable bonds is 5. The molecule has 0 spiro atoms. The first kappa shape index (κ1) is 12.6. The van der Waals surface area contributed by atoms with Crippen molar-refractivity contribution >= 4 is 17.2 Å². The summed E-state index contributed by atoms with van der Waals surface area (Å²) in [5.74, 6) is 0.0952. The van der Waals surface area contributed by atoms with E-state index < -0.39 is 0 Å². The lowest BCUT2D eigenvalue weighted by Crippen LogP contribution is -2.38. The number of carbonyl (C=O) groups excluding carboxylic acids is 1. The molecule has 3 nitrogen and oxygen atoms in total. The van der Waals surface area contributed by atoms with Gasteiger partial charge in [0.05, 0.1) is 12.6 Å². The smallest absolute Gasteiger partial charge is 0.234 e. The van der Waals surface area contributed by atoms with Crippen molar-refractivity contribution in [3.8, 4) is 0 Å². The second-order valence-corrected chi connectivity index (χ2v) is 5.65. The number of hydrogen-bond acceptors (Lipinski definition) is 3. The van der Waals surface area contributed by atoms with Crippen molar-refractivity contribution in [3.05, 3.63) is 22.4 Å². The highest BCUT2D eigenvalue weighted by Gasteiger charge is 2.16. The van der Waals surface area contributed by atoms with E-state index in [1.165, 1.54) is 30.6 Å². The molecule has 1 atom stereocenters. The van der Waals surface area contributed by atoms with Gasteiger partial charge >= 0.3 is 0 Å². The summed E-state index contributed by atoms with van der Waals surface area (Å²) in [4.78, 5) is 12.9. The summed E-state index contributed by atoms with van der Waals surface area (Å²) in [6.45, 7) is 2.47. The number of amides is 1. The Balaban J connectivity index is 1.69. The molecule has 4 heteroatoms. The molecular formula is C13H20N2OS. The van der Waals surface area contributed by atoms with E-state index in [1.54, 1.807) is 11.3 Å². The minimum atomic E-state index is 0.0952.